The summed E-state index contributed by atoms with van der Waals surface area (Å²) in [5.74, 6) is 0.186. The van der Waals surface area contributed by atoms with Crippen LogP contribution in [0.4, 0.5) is 11.4 Å². The highest BCUT2D eigenvalue weighted by Crippen LogP contribution is 2.26. The number of benzene rings is 2. The first-order valence-electron chi connectivity index (χ1n) is 9.41. The Balaban J connectivity index is 1.34. The van der Waals surface area contributed by atoms with Crippen molar-refractivity contribution in [3.05, 3.63) is 48.0 Å². The van der Waals surface area contributed by atoms with Gasteiger partial charge in [-0.05, 0) is 49.9 Å². The molecular weight excluding hydrogens is 372 g/mol. The number of carbonyl (C=O) groups is 1. The minimum atomic E-state index is -0.0704. The molecule has 1 fully saturated rings. The maximum atomic E-state index is 12.3. The lowest BCUT2D eigenvalue weighted by atomic mass is 10.1. The van der Waals surface area contributed by atoms with Crippen LogP contribution in [0.3, 0.4) is 0 Å². The van der Waals surface area contributed by atoms with Crippen LogP contribution in [0.1, 0.15) is 5.56 Å². The van der Waals surface area contributed by atoms with Gasteiger partial charge in [-0.1, -0.05) is 23.9 Å². The van der Waals surface area contributed by atoms with Crippen molar-refractivity contribution in [2.75, 3.05) is 49.2 Å². The molecule has 0 aliphatic carbocycles. The molecule has 1 aliphatic heterocycles. The summed E-state index contributed by atoms with van der Waals surface area (Å²) in [5.41, 5.74) is 4.78. The first kappa shape index (κ1) is 18.8. The van der Waals surface area contributed by atoms with Gasteiger partial charge in [0.2, 0.25) is 5.91 Å². The number of piperazine rings is 1. The number of anilines is 2. The van der Waals surface area contributed by atoms with E-state index in [0.717, 1.165) is 43.0 Å². The van der Waals surface area contributed by atoms with Gasteiger partial charge in [0.15, 0.2) is 5.58 Å². The molecule has 1 aliphatic rings. The number of carbonyl (C=O) groups excluding carboxylic acids is 1. The van der Waals surface area contributed by atoms with Crippen molar-refractivity contribution < 1.29 is 9.21 Å². The minimum Gasteiger partial charge on any atom is -0.431 e. The molecule has 28 heavy (non-hydrogen) atoms. The standard InChI is InChI=1S/C21H24N4O2S/c1-15-13-16(7-8-18(15)25-11-9-24(2)10-12-25)22-20(26)14-28-21-23-17-5-3-4-6-19(17)27-21/h3-8,13H,9-12,14H2,1-2H3,(H,22,26). The Bertz CT molecular complexity index is 946. The Kier molecular flexibility index (Phi) is 5.54. The van der Waals surface area contributed by atoms with Crippen LogP contribution in [-0.4, -0.2) is 54.8 Å². The van der Waals surface area contributed by atoms with Crippen LogP contribution in [0.15, 0.2) is 52.1 Å². The molecule has 1 saturated heterocycles. The molecule has 1 N–H and O–H groups in total. The highest BCUT2D eigenvalue weighted by atomic mass is 32.2. The number of aryl methyl sites for hydroxylation is 1. The maximum Gasteiger partial charge on any atom is 0.257 e. The summed E-state index contributed by atoms with van der Waals surface area (Å²) in [5, 5.41) is 3.48. The summed E-state index contributed by atoms with van der Waals surface area (Å²) in [6.45, 7) is 6.31. The zero-order chi connectivity index (χ0) is 19.5. The first-order valence-corrected chi connectivity index (χ1v) is 10.4. The number of amides is 1. The summed E-state index contributed by atoms with van der Waals surface area (Å²) in [7, 11) is 2.15. The fraction of sp³-hybridized carbons (Fsp3) is 0.333. The number of thioether (sulfide) groups is 1. The van der Waals surface area contributed by atoms with Gasteiger partial charge in [-0.2, -0.15) is 0 Å². The number of hydrogen-bond donors (Lipinski definition) is 1. The molecule has 2 aromatic carbocycles. The van der Waals surface area contributed by atoms with Gasteiger partial charge >= 0.3 is 0 Å². The van der Waals surface area contributed by atoms with Crippen LogP contribution in [0.25, 0.3) is 11.1 Å². The molecule has 4 rings (SSSR count). The smallest absolute Gasteiger partial charge is 0.257 e. The number of fused-ring (bicyclic) bond motifs is 1. The molecule has 0 unspecified atom stereocenters. The van der Waals surface area contributed by atoms with Crippen molar-refractivity contribution in [1.29, 1.82) is 0 Å². The number of oxazole rings is 1. The van der Waals surface area contributed by atoms with E-state index in [2.05, 4.69) is 40.1 Å². The van der Waals surface area contributed by atoms with Gasteiger partial charge in [0.05, 0.1) is 5.75 Å². The SMILES string of the molecule is Cc1cc(NC(=O)CSc2nc3ccccc3o2)ccc1N1CCN(C)CC1. The molecule has 1 aromatic heterocycles. The van der Waals surface area contributed by atoms with Gasteiger partial charge in [0.1, 0.15) is 5.52 Å². The van der Waals surface area contributed by atoms with E-state index in [0.29, 0.717) is 5.22 Å². The molecule has 1 amide bonds. The van der Waals surface area contributed by atoms with Gasteiger partial charge in [-0.3, -0.25) is 4.79 Å². The van der Waals surface area contributed by atoms with Gasteiger partial charge in [-0.15, -0.1) is 0 Å². The average molecular weight is 397 g/mol. The van der Waals surface area contributed by atoms with E-state index in [1.807, 2.05) is 36.4 Å². The summed E-state index contributed by atoms with van der Waals surface area (Å²) < 4.78 is 5.64. The van der Waals surface area contributed by atoms with Crippen LogP contribution >= 0.6 is 11.8 Å². The summed E-state index contributed by atoms with van der Waals surface area (Å²) in [4.78, 5) is 21.4. The number of nitrogens with zero attached hydrogens (tertiary/aromatic N) is 3. The van der Waals surface area contributed by atoms with Gasteiger partial charge in [-0.25, -0.2) is 4.98 Å². The molecule has 0 radical (unpaired) electrons. The van der Waals surface area contributed by atoms with Gasteiger partial charge in [0, 0.05) is 37.6 Å². The van der Waals surface area contributed by atoms with E-state index in [9.17, 15) is 4.79 Å². The number of aromatic nitrogens is 1. The molecule has 0 atom stereocenters. The second kappa shape index (κ2) is 8.24. The van der Waals surface area contributed by atoms with E-state index in [4.69, 9.17) is 4.42 Å². The third-order valence-corrected chi connectivity index (χ3v) is 5.75. The lowest BCUT2D eigenvalue weighted by Crippen LogP contribution is -2.44. The number of hydrogen-bond acceptors (Lipinski definition) is 6. The van der Waals surface area contributed by atoms with E-state index in [-0.39, 0.29) is 11.7 Å². The fourth-order valence-corrected chi connectivity index (χ4v) is 4.01. The Morgan fingerprint density at radius 3 is 2.71 bits per heavy atom. The van der Waals surface area contributed by atoms with Crippen LogP contribution in [-0.2, 0) is 4.79 Å². The molecule has 3 aromatic rings. The van der Waals surface area contributed by atoms with Crippen molar-refractivity contribution in [1.82, 2.24) is 9.88 Å². The fourth-order valence-electron chi connectivity index (χ4n) is 3.37. The van der Waals surface area contributed by atoms with E-state index < -0.39 is 0 Å². The predicted octanol–water partition coefficient (Wildman–Crippen LogP) is 3.62. The molecule has 7 heteroatoms. The first-order chi connectivity index (χ1) is 13.6. The largest absolute Gasteiger partial charge is 0.431 e. The lowest BCUT2D eigenvalue weighted by Gasteiger charge is -2.35. The lowest BCUT2D eigenvalue weighted by molar-refractivity contribution is -0.113. The van der Waals surface area contributed by atoms with Crippen LogP contribution in [0.5, 0.6) is 0 Å². The molecule has 0 bridgehead atoms. The summed E-state index contributed by atoms with van der Waals surface area (Å²) >= 11 is 1.30. The van der Waals surface area contributed by atoms with Crippen LogP contribution in [0, 0.1) is 6.92 Å². The van der Waals surface area contributed by atoms with Crippen molar-refractivity contribution in [3.8, 4) is 0 Å². The van der Waals surface area contributed by atoms with Crippen LogP contribution in [0.2, 0.25) is 0 Å². The van der Waals surface area contributed by atoms with E-state index in [1.165, 1.54) is 23.0 Å². The molecule has 6 nitrogen and oxygen atoms in total. The van der Waals surface area contributed by atoms with Crippen molar-refractivity contribution >= 4 is 40.1 Å². The zero-order valence-electron chi connectivity index (χ0n) is 16.1. The monoisotopic (exact) mass is 396 g/mol. The Hall–Kier alpha value is -2.51. The predicted molar refractivity (Wildman–Crippen MR) is 114 cm³/mol. The van der Waals surface area contributed by atoms with Gasteiger partial charge in [0.25, 0.3) is 5.22 Å². The summed E-state index contributed by atoms with van der Waals surface area (Å²) in [6, 6.07) is 13.7. The highest BCUT2D eigenvalue weighted by Gasteiger charge is 2.16. The number of likely N-dealkylation sites (N-methyl/N-ethyl adjacent to an activating group) is 1. The van der Waals surface area contributed by atoms with Gasteiger partial charge < -0.3 is 19.5 Å². The van der Waals surface area contributed by atoms with Crippen molar-refractivity contribution in [2.24, 2.45) is 0 Å². The second-order valence-corrected chi connectivity index (χ2v) is 8.00. The Morgan fingerprint density at radius 1 is 1.18 bits per heavy atom. The Labute approximate surface area is 168 Å². The zero-order valence-corrected chi connectivity index (χ0v) is 17.0. The van der Waals surface area contributed by atoms with E-state index in [1.54, 1.807) is 0 Å². The van der Waals surface area contributed by atoms with Crippen molar-refractivity contribution in [2.45, 2.75) is 12.1 Å². The van der Waals surface area contributed by atoms with Crippen molar-refractivity contribution in [3.63, 3.8) is 0 Å². The topological polar surface area (TPSA) is 61.6 Å². The second-order valence-electron chi connectivity index (χ2n) is 7.08. The average Bonchev–Trinajstić information content (AvgIpc) is 3.10. The third kappa shape index (κ3) is 4.31. The van der Waals surface area contributed by atoms with E-state index >= 15 is 0 Å². The summed E-state index contributed by atoms with van der Waals surface area (Å²) in [6.07, 6.45) is 0. The number of nitrogens with one attached hydrogen (secondary N) is 1. The highest BCUT2D eigenvalue weighted by molar-refractivity contribution is 7.99. The molecule has 0 saturated carbocycles. The maximum absolute atomic E-state index is 12.3. The molecule has 2 heterocycles. The number of para-hydroxylation sites is 2. The number of rotatable bonds is 5. The molecular formula is C21H24N4O2S. The third-order valence-electron chi connectivity index (χ3n) is 4.93. The Morgan fingerprint density at radius 2 is 1.96 bits per heavy atom. The molecule has 0 spiro atoms. The normalized spacial score (nSPS) is 15.1. The quantitative estimate of drug-likeness (QED) is 0.665. The minimum absolute atomic E-state index is 0.0704. The molecule has 146 valence electrons. The van der Waals surface area contributed by atoms with Crippen LogP contribution < -0.4 is 10.2 Å².